The lowest BCUT2D eigenvalue weighted by molar-refractivity contribution is -0.276. The molecule has 0 radical (unpaired) electrons. The van der Waals surface area contributed by atoms with Crippen molar-refractivity contribution >= 4 is 0 Å². The van der Waals surface area contributed by atoms with E-state index in [9.17, 15) is 39.5 Å². The summed E-state index contributed by atoms with van der Waals surface area (Å²) in [5.41, 5.74) is -1.58. The van der Waals surface area contributed by atoms with Gasteiger partial charge in [0.15, 0.2) is 11.6 Å². The Balaban J connectivity index is 1.21. The van der Waals surface area contributed by atoms with Crippen LogP contribution in [0.15, 0.2) is 24.3 Å². The summed E-state index contributed by atoms with van der Waals surface area (Å²) in [5.74, 6) is -9.00. The standard InChI is InChI=1S/C30H31F9O3/c31-22-11-20(17-5-7-18(8-6-17)26-10-9-19(15-40-26)16-3-1-2-4-16)12-23(32)27(22)29(35,36)41-21-13-24(33)28(25(34)14-21)42-30(37,38)39/h11-14,16-19,26H,1-10,15H2. The summed E-state index contributed by atoms with van der Waals surface area (Å²) in [7, 11) is 0. The van der Waals surface area contributed by atoms with Crippen molar-refractivity contribution in [3.05, 3.63) is 58.7 Å². The van der Waals surface area contributed by atoms with Gasteiger partial charge in [0.25, 0.3) is 0 Å². The largest absolute Gasteiger partial charge is 0.573 e. The molecular formula is C30H31F9O3. The zero-order valence-electron chi connectivity index (χ0n) is 22.6. The van der Waals surface area contributed by atoms with Gasteiger partial charge in [0.2, 0.25) is 5.75 Å². The van der Waals surface area contributed by atoms with Gasteiger partial charge >= 0.3 is 12.5 Å². The molecule has 0 amide bonds. The van der Waals surface area contributed by atoms with Crippen LogP contribution in [0.3, 0.4) is 0 Å². The van der Waals surface area contributed by atoms with Crippen LogP contribution < -0.4 is 9.47 Å². The highest BCUT2D eigenvalue weighted by Gasteiger charge is 2.43. The van der Waals surface area contributed by atoms with Gasteiger partial charge in [-0.25, -0.2) is 17.6 Å². The van der Waals surface area contributed by atoms with Crippen LogP contribution in [0.25, 0.3) is 0 Å². The third-order valence-corrected chi connectivity index (χ3v) is 8.97. The predicted molar refractivity (Wildman–Crippen MR) is 133 cm³/mol. The molecule has 0 bridgehead atoms. The summed E-state index contributed by atoms with van der Waals surface area (Å²) in [6.45, 7) is 0.772. The van der Waals surface area contributed by atoms with Gasteiger partial charge in [0, 0.05) is 12.1 Å². The predicted octanol–water partition coefficient (Wildman–Crippen LogP) is 9.53. The minimum atomic E-state index is -5.46. The number of ether oxygens (including phenoxy) is 3. The normalized spacial score (nSPS) is 25.9. The molecule has 232 valence electrons. The molecule has 2 aromatic carbocycles. The van der Waals surface area contributed by atoms with Crippen LogP contribution in [0, 0.1) is 41.0 Å². The Morgan fingerprint density at radius 1 is 0.619 bits per heavy atom. The van der Waals surface area contributed by atoms with E-state index in [1.807, 2.05) is 0 Å². The summed E-state index contributed by atoms with van der Waals surface area (Å²) in [5, 5.41) is 0. The van der Waals surface area contributed by atoms with Gasteiger partial charge in [0.05, 0.1) is 12.7 Å². The zero-order valence-corrected chi connectivity index (χ0v) is 22.6. The average molecular weight is 611 g/mol. The molecule has 2 atom stereocenters. The lowest BCUT2D eigenvalue weighted by atomic mass is 9.74. The van der Waals surface area contributed by atoms with Crippen LogP contribution in [0.5, 0.6) is 11.5 Å². The van der Waals surface area contributed by atoms with Crippen molar-refractivity contribution in [3.63, 3.8) is 0 Å². The second-order valence-corrected chi connectivity index (χ2v) is 11.6. The van der Waals surface area contributed by atoms with Crippen LogP contribution >= 0.6 is 0 Å². The van der Waals surface area contributed by atoms with Gasteiger partial charge < -0.3 is 14.2 Å². The Morgan fingerprint density at radius 3 is 1.71 bits per heavy atom. The lowest BCUT2D eigenvalue weighted by Crippen LogP contribution is -2.35. The van der Waals surface area contributed by atoms with E-state index in [1.54, 1.807) is 0 Å². The van der Waals surface area contributed by atoms with Gasteiger partial charge in [-0.3, -0.25) is 0 Å². The highest BCUT2D eigenvalue weighted by Crippen LogP contribution is 2.44. The van der Waals surface area contributed by atoms with Crippen molar-refractivity contribution in [2.24, 2.45) is 17.8 Å². The lowest BCUT2D eigenvalue weighted by Gasteiger charge is -2.39. The average Bonchev–Trinajstić information content (AvgIpc) is 3.45. The fourth-order valence-electron chi connectivity index (χ4n) is 6.90. The molecule has 0 aromatic heterocycles. The molecule has 2 unspecified atom stereocenters. The number of hydrogen-bond acceptors (Lipinski definition) is 3. The molecule has 5 rings (SSSR count). The van der Waals surface area contributed by atoms with Crippen molar-refractivity contribution in [2.45, 2.75) is 88.7 Å². The summed E-state index contributed by atoms with van der Waals surface area (Å²) >= 11 is 0. The first-order valence-corrected chi connectivity index (χ1v) is 14.2. The molecule has 0 spiro atoms. The van der Waals surface area contributed by atoms with E-state index in [0.717, 1.165) is 50.3 Å². The highest BCUT2D eigenvalue weighted by atomic mass is 19.4. The monoisotopic (exact) mass is 610 g/mol. The topological polar surface area (TPSA) is 27.7 Å². The Morgan fingerprint density at radius 2 is 1.19 bits per heavy atom. The zero-order chi connectivity index (χ0) is 30.2. The molecule has 42 heavy (non-hydrogen) atoms. The molecule has 0 N–H and O–H groups in total. The van der Waals surface area contributed by atoms with Gasteiger partial charge in [-0.15, -0.1) is 13.2 Å². The van der Waals surface area contributed by atoms with E-state index in [2.05, 4.69) is 9.47 Å². The van der Waals surface area contributed by atoms with Crippen LogP contribution in [0.4, 0.5) is 39.5 Å². The third kappa shape index (κ3) is 6.94. The quantitative estimate of drug-likeness (QED) is 0.292. The maximum Gasteiger partial charge on any atom is 0.573 e. The van der Waals surface area contributed by atoms with Crippen molar-refractivity contribution in [3.8, 4) is 11.5 Å². The second-order valence-electron chi connectivity index (χ2n) is 11.6. The number of rotatable bonds is 7. The van der Waals surface area contributed by atoms with Crippen molar-refractivity contribution in [1.29, 1.82) is 0 Å². The molecular weight excluding hydrogens is 579 g/mol. The van der Waals surface area contributed by atoms with E-state index < -0.39 is 52.8 Å². The second kappa shape index (κ2) is 12.2. The minimum Gasteiger partial charge on any atom is -0.429 e. The van der Waals surface area contributed by atoms with Crippen LogP contribution in [0.2, 0.25) is 0 Å². The molecule has 2 aliphatic carbocycles. The van der Waals surface area contributed by atoms with Crippen molar-refractivity contribution in [2.75, 3.05) is 6.61 Å². The van der Waals surface area contributed by atoms with E-state index in [-0.39, 0.29) is 29.7 Å². The summed E-state index contributed by atoms with van der Waals surface area (Å²) < 4.78 is 138. The number of benzene rings is 2. The molecule has 2 saturated carbocycles. The first-order valence-electron chi connectivity index (χ1n) is 14.2. The summed E-state index contributed by atoms with van der Waals surface area (Å²) in [6.07, 6.45) is -0.0105. The minimum absolute atomic E-state index is 0.00833. The van der Waals surface area contributed by atoms with E-state index in [0.29, 0.717) is 24.7 Å². The molecule has 1 heterocycles. The molecule has 3 nitrogen and oxygen atoms in total. The van der Waals surface area contributed by atoms with Gasteiger partial charge in [-0.05, 0) is 79.9 Å². The Bertz CT molecular complexity index is 1200. The summed E-state index contributed by atoms with van der Waals surface area (Å²) in [4.78, 5) is 0. The Labute approximate surface area is 237 Å². The van der Waals surface area contributed by atoms with Crippen LogP contribution in [0.1, 0.15) is 81.3 Å². The maximum atomic E-state index is 14.9. The number of halogens is 9. The van der Waals surface area contributed by atoms with Gasteiger partial charge in [-0.1, -0.05) is 25.7 Å². The van der Waals surface area contributed by atoms with Crippen LogP contribution in [-0.2, 0) is 10.8 Å². The maximum absolute atomic E-state index is 14.9. The first-order chi connectivity index (χ1) is 19.8. The van der Waals surface area contributed by atoms with E-state index in [4.69, 9.17) is 4.74 Å². The van der Waals surface area contributed by atoms with Gasteiger partial charge in [0.1, 0.15) is 22.9 Å². The van der Waals surface area contributed by atoms with E-state index in [1.165, 1.54) is 25.7 Å². The molecule has 3 fully saturated rings. The van der Waals surface area contributed by atoms with Gasteiger partial charge in [-0.2, -0.15) is 8.78 Å². The molecule has 1 aliphatic heterocycles. The Hall–Kier alpha value is -2.63. The van der Waals surface area contributed by atoms with E-state index >= 15 is 0 Å². The fourth-order valence-corrected chi connectivity index (χ4v) is 6.90. The smallest absolute Gasteiger partial charge is 0.429 e. The molecule has 1 saturated heterocycles. The third-order valence-electron chi connectivity index (χ3n) is 8.97. The Kier molecular flexibility index (Phi) is 8.93. The molecule has 12 heteroatoms. The van der Waals surface area contributed by atoms with Crippen molar-refractivity contribution in [1.82, 2.24) is 0 Å². The molecule has 2 aromatic rings. The first kappa shape index (κ1) is 30.8. The fraction of sp³-hybridized carbons (Fsp3) is 0.600. The number of hydrogen-bond donors (Lipinski definition) is 0. The van der Waals surface area contributed by atoms with Crippen LogP contribution in [-0.4, -0.2) is 19.1 Å². The molecule has 3 aliphatic rings. The summed E-state index contributed by atoms with van der Waals surface area (Å²) in [6, 6.07) is 1.58. The number of alkyl halides is 5. The highest BCUT2D eigenvalue weighted by molar-refractivity contribution is 5.37. The SMILES string of the molecule is Fc1cc(OC(F)(F)c2c(F)cc(C3CCC(C4CCC(C5CCCC5)CO4)CC3)cc2F)cc(F)c1OC(F)(F)F. The van der Waals surface area contributed by atoms with Crippen molar-refractivity contribution < 1.29 is 53.7 Å².